The van der Waals surface area contributed by atoms with Crippen LogP contribution in [0.1, 0.15) is 21.5 Å². The maximum Gasteiger partial charge on any atom is 0.417 e. The van der Waals surface area contributed by atoms with E-state index >= 15 is 0 Å². The summed E-state index contributed by atoms with van der Waals surface area (Å²) in [4.78, 5) is 11.3. The Kier molecular flexibility index (Phi) is 4.50. The number of halogens is 7. The quantitative estimate of drug-likeness (QED) is 0.503. The molecule has 11 heteroatoms. The number of alkyl halides is 6. The molecular formula is C13H5F6IO4. The van der Waals surface area contributed by atoms with Gasteiger partial charge in [0.05, 0.1) is 16.7 Å². The average Bonchev–Trinajstić information content (AvgIpc) is 2.41. The summed E-state index contributed by atoms with van der Waals surface area (Å²) in [6.45, 7) is 0. The van der Waals surface area contributed by atoms with Crippen molar-refractivity contribution in [1.82, 2.24) is 0 Å². The van der Waals surface area contributed by atoms with Crippen LogP contribution in [0, 0.1) is 3.57 Å². The molecule has 0 fully saturated rings. The van der Waals surface area contributed by atoms with E-state index in [2.05, 4.69) is 0 Å². The summed E-state index contributed by atoms with van der Waals surface area (Å²) < 4.78 is 99.3. The molecule has 0 aliphatic rings. The van der Waals surface area contributed by atoms with Crippen LogP contribution in [0.5, 0.6) is 0 Å². The molecule has 130 valence electrons. The summed E-state index contributed by atoms with van der Waals surface area (Å²) in [6.07, 6.45) is -10.4. The van der Waals surface area contributed by atoms with Crippen molar-refractivity contribution < 1.29 is 42.4 Å². The summed E-state index contributed by atoms with van der Waals surface area (Å²) in [6, 6.07) is 2.14. The fourth-order valence-electron chi connectivity index (χ4n) is 2.22. The minimum atomic E-state index is -5.34. The van der Waals surface area contributed by atoms with E-state index in [1.54, 1.807) is 0 Å². The van der Waals surface area contributed by atoms with Crippen molar-refractivity contribution in [3.05, 3.63) is 44.5 Å². The Morgan fingerprint density at radius 2 is 1.46 bits per heavy atom. The van der Waals surface area contributed by atoms with Gasteiger partial charge >= 0.3 is 38.1 Å². The second-order valence-corrected chi connectivity index (χ2v) is 6.85. The molecule has 2 aromatic carbocycles. The molecule has 0 saturated heterocycles. The van der Waals surface area contributed by atoms with E-state index in [0.29, 0.717) is 6.07 Å². The molecule has 0 aliphatic heterocycles. The van der Waals surface area contributed by atoms with Crippen LogP contribution < -0.4 is 0 Å². The van der Waals surface area contributed by atoms with Gasteiger partial charge in [-0.2, -0.15) is 26.3 Å². The molecule has 24 heavy (non-hydrogen) atoms. The van der Waals surface area contributed by atoms with Gasteiger partial charge in [-0.05, 0) is 22.9 Å². The van der Waals surface area contributed by atoms with Crippen LogP contribution in [0.15, 0.2) is 24.3 Å². The van der Waals surface area contributed by atoms with Crippen molar-refractivity contribution in [1.29, 1.82) is 0 Å². The molecule has 0 aliphatic carbocycles. The molecule has 2 aromatic rings. The van der Waals surface area contributed by atoms with Crippen molar-refractivity contribution in [2.24, 2.45) is 0 Å². The number of hydrogen-bond acceptors (Lipinski definition) is 3. The Hall–Kier alpha value is -1.92. The molecule has 0 heterocycles. The second-order valence-electron chi connectivity index (χ2n) is 4.53. The maximum atomic E-state index is 13.1. The summed E-state index contributed by atoms with van der Waals surface area (Å²) >= 11 is -5.00. The molecule has 1 N–H and O–H groups in total. The first-order valence-corrected chi connectivity index (χ1v) is 8.72. The summed E-state index contributed by atoms with van der Waals surface area (Å²) in [5.74, 6) is -2.06. The van der Waals surface area contributed by atoms with Gasteiger partial charge in [0.2, 0.25) is 0 Å². The van der Waals surface area contributed by atoms with Crippen molar-refractivity contribution >= 4 is 36.5 Å². The third kappa shape index (κ3) is 3.16. The lowest BCUT2D eigenvalue weighted by molar-refractivity contribution is -0.139. The zero-order valence-electron chi connectivity index (χ0n) is 11.1. The molecule has 0 spiro atoms. The molecule has 0 bridgehead atoms. The summed E-state index contributed by atoms with van der Waals surface area (Å²) in [5.41, 5.74) is -4.71. The Balaban J connectivity index is 3.18. The van der Waals surface area contributed by atoms with Crippen molar-refractivity contribution in [3.63, 3.8) is 0 Å². The largest absolute Gasteiger partial charge is 0.478 e. The van der Waals surface area contributed by atoms with Crippen LogP contribution in [-0.2, 0) is 18.5 Å². The van der Waals surface area contributed by atoms with E-state index < -0.39 is 69.1 Å². The first kappa shape index (κ1) is 18.4. The van der Waals surface area contributed by atoms with Gasteiger partial charge in [-0.25, -0.2) is 10.9 Å². The van der Waals surface area contributed by atoms with Gasteiger partial charge in [-0.15, -0.1) is 0 Å². The molecule has 0 saturated carbocycles. The highest BCUT2D eigenvalue weighted by atomic mass is 127. The summed E-state index contributed by atoms with van der Waals surface area (Å²) in [5, 5.41) is 7.34. The number of carbonyl (C=O) groups is 1. The minimum Gasteiger partial charge on any atom is -0.478 e. The number of aromatic carboxylic acids is 1. The predicted octanol–water partition coefficient (Wildman–Crippen LogP) is 4.94. The van der Waals surface area contributed by atoms with Gasteiger partial charge in [0.25, 0.3) is 0 Å². The lowest BCUT2D eigenvalue weighted by Crippen LogP contribution is -2.15. The Bertz CT molecular complexity index is 903. The van der Waals surface area contributed by atoms with E-state index in [0.717, 1.165) is 12.1 Å². The molecule has 0 atom stereocenters. The van der Waals surface area contributed by atoms with Crippen LogP contribution >= 0.6 is 19.8 Å². The van der Waals surface area contributed by atoms with Crippen LogP contribution in [0.3, 0.4) is 0 Å². The number of carboxylic acid groups (broad SMARTS) is 1. The second kappa shape index (κ2) is 5.86. The Labute approximate surface area is 136 Å². The van der Waals surface area contributed by atoms with Crippen LogP contribution in [-0.4, -0.2) is 11.1 Å². The lowest BCUT2D eigenvalue weighted by atomic mass is 9.96. The minimum absolute atomic E-state index is 0.0280. The van der Waals surface area contributed by atoms with Crippen LogP contribution in [0.4, 0.5) is 26.3 Å². The van der Waals surface area contributed by atoms with Gasteiger partial charge in [0.15, 0.2) is 0 Å². The molecule has 0 radical (unpaired) electrons. The smallest absolute Gasteiger partial charge is 0.417 e. The molecular weight excluding hydrogens is 461 g/mol. The average molecular weight is 466 g/mol. The van der Waals surface area contributed by atoms with E-state index in [9.17, 15) is 37.3 Å². The standard InChI is InChI=1S/C13H5F6IO4/c14-12(15,16)7-3-1-2-5-6(7)4-8(13(17,18)19)10(20(23)24)9(5)11(21)22/h1-4H,(H,21,22). The molecule has 0 aromatic heterocycles. The van der Waals surface area contributed by atoms with Gasteiger partial charge in [-0.3, -0.25) is 0 Å². The number of rotatable bonds is 2. The lowest BCUT2D eigenvalue weighted by Gasteiger charge is -2.16. The first-order valence-electron chi connectivity index (χ1n) is 5.88. The van der Waals surface area contributed by atoms with Gasteiger partial charge in [0.1, 0.15) is 3.57 Å². The van der Waals surface area contributed by atoms with Crippen LogP contribution in [0.25, 0.3) is 10.8 Å². The maximum absolute atomic E-state index is 13.1. The molecule has 2 rings (SSSR count). The monoisotopic (exact) mass is 466 g/mol. The highest BCUT2D eigenvalue weighted by molar-refractivity contribution is 14.2. The van der Waals surface area contributed by atoms with E-state index in [1.165, 1.54) is 0 Å². The van der Waals surface area contributed by atoms with Gasteiger partial charge < -0.3 is 5.11 Å². The zero-order chi connectivity index (χ0) is 18.4. The van der Waals surface area contributed by atoms with Gasteiger partial charge in [0, 0.05) is 0 Å². The number of fused-ring (bicyclic) bond motifs is 1. The fourth-order valence-corrected chi connectivity index (χ4v) is 4.12. The third-order valence-corrected chi connectivity index (χ3v) is 5.10. The number of carboxylic acids is 1. The molecule has 4 nitrogen and oxygen atoms in total. The van der Waals surface area contributed by atoms with Crippen LogP contribution in [0.2, 0.25) is 0 Å². The summed E-state index contributed by atoms with van der Waals surface area (Å²) in [7, 11) is 0. The number of hydrogen-bond donors (Lipinski definition) is 1. The normalized spacial score (nSPS) is 12.8. The SMILES string of the molecule is O=C(O)c1c(I(=O)=O)c(C(F)(F)F)cc2c(C(F)(F)F)cccc12. The zero-order valence-corrected chi connectivity index (χ0v) is 13.3. The topological polar surface area (TPSA) is 71.4 Å². The molecule has 0 unspecified atom stereocenters. The van der Waals surface area contributed by atoms with E-state index in [1.807, 2.05) is 0 Å². The fraction of sp³-hybridized carbons (Fsp3) is 0.154. The van der Waals surface area contributed by atoms with Crippen molar-refractivity contribution in [3.8, 4) is 0 Å². The van der Waals surface area contributed by atoms with Crippen molar-refractivity contribution in [2.45, 2.75) is 12.4 Å². The molecule has 0 amide bonds. The van der Waals surface area contributed by atoms with Gasteiger partial charge in [-0.1, -0.05) is 12.1 Å². The highest BCUT2D eigenvalue weighted by Crippen LogP contribution is 2.44. The third-order valence-electron chi connectivity index (χ3n) is 3.10. The Morgan fingerprint density at radius 3 is 1.88 bits per heavy atom. The predicted molar refractivity (Wildman–Crippen MR) is 75.0 cm³/mol. The highest BCUT2D eigenvalue weighted by Gasteiger charge is 2.40. The van der Waals surface area contributed by atoms with E-state index in [-0.39, 0.29) is 6.07 Å². The first-order chi connectivity index (χ1) is 10.9. The Morgan fingerprint density at radius 1 is 0.917 bits per heavy atom. The number of benzene rings is 2. The van der Waals surface area contributed by atoms with E-state index in [4.69, 9.17) is 5.11 Å². The van der Waals surface area contributed by atoms with Crippen molar-refractivity contribution in [2.75, 3.05) is 0 Å².